The Balaban J connectivity index is 2.90. The first-order chi connectivity index (χ1) is 5.27. The van der Waals surface area contributed by atoms with Crippen LogP contribution in [0.2, 0.25) is 0 Å². The average Bonchev–Trinajstić information content (AvgIpc) is 1.96. The average molecular weight is 174 g/mol. The van der Waals surface area contributed by atoms with E-state index in [4.69, 9.17) is 5.73 Å². The third-order valence-corrected chi connectivity index (χ3v) is 1.92. The summed E-state index contributed by atoms with van der Waals surface area (Å²) in [5, 5.41) is 2.91. The molecule has 0 aliphatic carbocycles. The van der Waals surface area contributed by atoms with Gasteiger partial charge in [-0.15, -0.1) is 6.58 Å². The monoisotopic (exact) mass is 174 g/mol. The van der Waals surface area contributed by atoms with Gasteiger partial charge in [0.2, 0.25) is 5.91 Å². The second-order valence-electron chi connectivity index (χ2n) is 2.01. The van der Waals surface area contributed by atoms with Gasteiger partial charge < -0.3 is 11.1 Å². The standard InChI is InChI=1S/C7H14N2OS/c1-2-4-11-5-3-9-6-7(8)10/h2,9H,1,3-6H2,(H2,8,10). The lowest BCUT2D eigenvalue weighted by atomic mass is 10.6. The van der Waals surface area contributed by atoms with E-state index < -0.39 is 0 Å². The number of hydrogen-bond acceptors (Lipinski definition) is 3. The molecule has 3 N–H and O–H groups in total. The Morgan fingerprint density at radius 3 is 3.00 bits per heavy atom. The van der Waals surface area contributed by atoms with Gasteiger partial charge in [0.15, 0.2) is 0 Å². The minimum Gasteiger partial charge on any atom is -0.369 e. The van der Waals surface area contributed by atoms with E-state index in [0.29, 0.717) is 0 Å². The highest BCUT2D eigenvalue weighted by Crippen LogP contribution is 1.96. The summed E-state index contributed by atoms with van der Waals surface area (Å²) in [5.74, 6) is 1.64. The molecule has 0 bridgehead atoms. The van der Waals surface area contributed by atoms with Gasteiger partial charge in [0, 0.05) is 18.1 Å². The second-order valence-corrected chi connectivity index (χ2v) is 3.16. The van der Waals surface area contributed by atoms with Gasteiger partial charge >= 0.3 is 0 Å². The van der Waals surface area contributed by atoms with Crippen LogP contribution in [0.4, 0.5) is 0 Å². The third kappa shape index (κ3) is 9.52. The van der Waals surface area contributed by atoms with E-state index >= 15 is 0 Å². The Bertz CT molecular complexity index is 128. The number of primary amides is 1. The first-order valence-electron chi connectivity index (χ1n) is 3.45. The number of rotatable bonds is 7. The summed E-state index contributed by atoms with van der Waals surface area (Å²) >= 11 is 1.77. The molecule has 0 rings (SSSR count). The van der Waals surface area contributed by atoms with Crippen molar-refractivity contribution in [2.75, 3.05) is 24.6 Å². The maximum absolute atomic E-state index is 10.2. The second kappa shape index (κ2) is 7.63. The molecule has 0 spiro atoms. The lowest BCUT2D eigenvalue weighted by molar-refractivity contribution is -0.117. The van der Waals surface area contributed by atoms with Crippen LogP contribution in [-0.2, 0) is 4.79 Å². The Kier molecular flexibility index (Phi) is 7.29. The molecule has 0 aromatic rings. The van der Waals surface area contributed by atoms with Crippen molar-refractivity contribution >= 4 is 17.7 Å². The molecular weight excluding hydrogens is 160 g/mol. The fourth-order valence-corrected chi connectivity index (χ4v) is 1.14. The summed E-state index contributed by atoms with van der Waals surface area (Å²) in [4.78, 5) is 10.2. The summed E-state index contributed by atoms with van der Waals surface area (Å²) in [6, 6.07) is 0. The van der Waals surface area contributed by atoms with Gasteiger partial charge in [0.05, 0.1) is 6.54 Å². The van der Waals surface area contributed by atoms with Crippen LogP contribution in [0.1, 0.15) is 0 Å². The third-order valence-electron chi connectivity index (χ3n) is 0.958. The van der Waals surface area contributed by atoms with E-state index in [1.54, 1.807) is 11.8 Å². The molecule has 0 radical (unpaired) electrons. The summed E-state index contributed by atoms with van der Waals surface area (Å²) in [7, 11) is 0. The van der Waals surface area contributed by atoms with Crippen molar-refractivity contribution in [1.82, 2.24) is 5.32 Å². The minimum atomic E-state index is -0.307. The van der Waals surface area contributed by atoms with Gasteiger partial charge in [-0.25, -0.2) is 0 Å². The maximum atomic E-state index is 10.2. The Morgan fingerprint density at radius 2 is 2.45 bits per heavy atom. The molecule has 0 aromatic carbocycles. The molecule has 0 aliphatic heterocycles. The van der Waals surface area contributed by atoms with Crippen molar-refractivity contribution in [3.05, 3.63) is 12.7 Å². The molecule has 3 nitrogen and oxygen atoms in total. The Labute approximate surface area is 71.4 Å². The van der Waals surface area contributed by atoms with Gasteiger partial charge in [-0.3, -0.25) is 4.79 Å². The van der Waals surface area contributed by atoms with E-state index in [-0.39, 0.29) is 12.5 Å². The molecule has 0 unspecified atom stereocenters. The first-order valence-corrected chi connectivity index (χ1v) is 4.60. The minimum absolute atomic E-state index is 0.272. The van der Waals surface area contributed by atoms with Crippen LogP contribution in [-0.4, -0.2) is 30.5 Å². The van der Waals surface area contributed by atoms with Crippen LogP contribution < -0.4 is 11.1 Å². The van der Waals surface area contributed by atoms with Gasteiger partial charge in [-0.1, -0.05) is 6.08 Å². The SMILES string of the molecule is C=CCSCCNCC(N)=O. The van der Waals surface area contributed by atoms with E-state index in [1.165, 1.54) is 0 Å². The quantitative estimate of drug-likeness (QED) is 0.421. The van der Waals surface area contributed by atoms with Crippen LogP contribution in [0, 0.1) is 0 Å². The summed E-state index contributed by atoms with van der Waals surface area (Å²) in [6.45, 7) is 4.68. The molecule has 0 aromatic heterocycles. The van der Waals surface area contributed by atoms with Crippen molar-refractivity contribution in [3.8, 4) is 0 Å². The van der Waals surface area contributed by atoms with Gasteiger partial charge in [-0.05, 0) is 0 Å². The molecule has 4 heteroatoms. The maximum Gasteiger partial charge on any atom is 0.231 e. The molecule has 0 atom stereocenters. The predicted molar refractivity (Wildman–Crippen MR) is 49.6 cm³/mol. The highest BCUT2D eigenvalue weighted by Gasteiger charge is 1.91. The number of hydrogen-bond donors (Lipinski definition) is 2. The molecule has 11 heavy (non-hydrogen) atoms. The molecule has 64 valence electrons. The van der Waals surface area contributed by atoms with Gasteiger partial charge in [0.1, 0.15) is 0 Å². The summed E-state index contributed by atoms with van der Waals surface area (Å²) in [5.41, 5.74) is 4.91. The molecule has 1 amide bonds. The van der Waals surface area contributed by atoms with E-state index in [2.05, 4.69) is 11.9 Å². The molecule has 0 heterocycles. The fraction of sp³-hybridized carbons (Fsp3) is 0.571. The molecule has 0 aliphatic rings. The molecular formula is C7H14N2OS. The van der Waals surface area contributed by atoms with E-state index in [1.807, 2.05) is 6.08 Å². The van der Waals surface area contributed by atoms with Crippen LogP contribution >= 0.6 is 11.8 Å². The topological polar surface area (TPSA) is 55.1 Å². The first kappa shape index (κ1) is 10.5. The van der Waals surface area contributed by atoms with Crippen LogP contribution in [0.15, 0.2) is 12.7 Å². The zero-order chi connectivity index (χ0) is 8.53. The van der Waals surface area contributed by atoms with Gasteiger partial charge in [0.25, 0.3) is 0 Å². The molecule has 0 fully saturated rings. The number of nitrogens with one attached hydrogen (secondary N) is 1. The van der Waals surface area contributed by atoms with Gasteiger partial charge in [-0.2, -0.15) is 11.8 Å². The molecule has 0 saturated heterocycles. The van der Waals surface area contributed by atoms with Crippen LogP contribution in [0.3, 0.4) is 0 Å². The van der Waals surface area contributed by atoms with Crippen molar-refractivity contribution in [1.29, 1.82) is 0 Å². The Hall–Kier alpha value is -0.480. The van der Waals surface area contributed by atoms with Crippen molar-refractivity contribution < 1.29 is 4.79 Å². The highest BCUT2D eigenvalue weighted by atomic mass is 32.2. The normalized spacial score (nSPS) is 9.45. The number of thioether (sulfide) groups is 1. The Morgan fingerprint density at radius 1 is 1.73 bits per heavy atom. The van der Waals surface area contributed by atoms with E-state index in [9.17, 15) is 4.79 Å². The highest BCUT2D eigenvalue weighted by molar-refractivity contribution is 7.99. The van der Waals surface area contributed by atoms with Crippen LogP contribution in [0.25, 0.3) is 0 Å². The zero-order valence-corrected chi connectivity index (χ0v) is 7.32. The smallest absolute Gasteiger partial charge is 0.231 e. The van der Waals surface area contributed by atoms with Crippen molar-refractivity contribution in [2.24, 2.45) is 5.73 Å². The van der Waals surface area contributed by atoms with Crippen LogP contribution in [0.5, 0.6) is 0 Å². The summed E-state index contributed by atoms with van der Waals surface area (Å²) < 4.78 is 0. The number of carbonyl (C=O) groups is 1. The predicted octanol–water partition coefficient (Wildman–Crippen LogP) is -0.0195. The largest absolute Gasteiger partial charge is 0.369 e. The molecule has 0 saturated carbocycles. The number of amides is 1. The lowest BCUT2D eigenvalue weighted by Crippen LogP contribution is -2.29. The zero-order valence-electron chi connectivity index (χ0n) is 6.51. The number of nitrogens with two attached hydrogens (primary N) is 1. The summed E-state index contributed by atoms with van der Waals surface area (Å²) in [6.07, 6.45) is 1.86. The number of carbonyl (C=O) groups excluding carboxylic acids is 1. The lowest BCUT2D eigenvalue weighted by Gasteiger charge is -1.99. The van der Waals surface area contributed by atoms with Crippen molar-refractivity contribution in [3.63, 3.8) is 0 Å². The fourth-order valence-electron chi connectivity index (χ4n) is 0.523. The van der Waals surface area contributed by atoms with E-state index in [0.717, 1.165) is 18.1 Å². The van der Waals surface area contributed by atoms with Crippen molar-refractivity contribution in [2.45, 2.75) is 0 Å².